The van der Waals surface area contributed by atoms with E-state index in [1.807, 2.05) is 5.38 Å². The summed E-state index contributed by atoms with van der Waals surface area (Å²) in [6.45, 7) is 2.44. The van der Waals surface area contributed by atoms with Crippen molar-refractivity contribution in [1.29, 1.82) is 0 Å². The third kappa shape index (κ3) is 3.65. The van der Waals surface area contributed by atoms with Gasteiger partial charge in [0.1, 0.15) is 22.9 Å². The smallest absolute Gasteiger partial charge is 0.248 e. The van der Waals surface area contributed by atoms with Crippen LogP contribution in [-0.2, 0) is 16.1 Å². The first kappa shape index (κ1) is 19.0. The minimum Gasteiger partial charge on any atom is -0.391 e. The fraction of sp³-hybridized carbons (Fsp3) is 0.421. The summed E-state index contributed by atoms with van der Waals surface area (Å²) < 4.78 is 13.1. The average Bonchev–Trinajstić information content (AvgIpc) is 3.31. The molecule has 0 radical (unpaired) electrons. The second-order valence-corrected chi connectivity index (χ2v) is 8.12. The van der Waals surface area contributed by atoms with Crippen LogP contribution in [0.1, 0.15) is 18.4 Å². The predicted octanol–water partition coefficient (Wildman–Crippen LogP) is 0.887. The number of fused-ring (bicyclic) bond motifs is 1. The molecule has 4 rings (SSSR count). The molecule has 4 atom stereocenters. The minimum atomic E-state index is -0.926. The van der Waals surface area contributed by atoms with Crippen LogP contribution in [0.3, 0.4) is 0 Å². The van der Waals surface area contributed by atoms with E-state index < -0.39 is 18.2 Å². The van der Waals surface area contributed by atoms with Crippen molar-refractivity contribution in [2.24, 2.45) is 0 Å². The van der Waals surface area contributed by atoms with Crippen molar-refractivity contribution in [3.8, 4) is 11.3 Å². The highest BCUT2D eigenvalue weighted by molar-refractivity contribution is 7.09. The molecule has 9 heteroatoms. The SMILES string of the molecule is C[C@H](O)[C@H]1NC(=O)[C@@H]2C[C@H](NCc3nc(-c4ccc(F)cc4)cs3)CN2C1=O. The van der Waals surface area contributed by atoms with Gasteiger partial charge in [-0.15, -0.1) is 11.3 Å². The van der Waals surface area contributed by atoms with Gasteiger partial charge in [-0.25, -0.2) is 9.37 Å². The van der Waals surface area contributed by atoms with E-state index in [4.69, 9.17) is 0 Å². The summed E-state index contributed by atoms with van der Waals surface area (Å²) in [5.74, 6) is -0.741. The number of halogens is 1. The Bertz CT molecular complexity index is 886. The Morgan fingerprint density at radius 1 is 1.39 bits per heavy atom. The number of aliphatic hydroxyl groups is 1. The third-order valence-electron chi connectivity index (χ3n) is 5.17. The largest absolute Gasteiger partial charge is 0.391 e. The first-order chi connectivity index (χ1) is 13.4. The van der Waals surface area contributed by atoms with Gasteiger partial charge in [0.05, 0.1) is 11.8 Å². The predicted molar refractivity (Wildman–Crippen MR) is 102 cm³/mol. The van der Waals surface area contributed by atoms with Gasteiger partial charge in [-0.2, -0.15) is 0 Å². The van der Waals surface area contributed by atoms with Gasteiger partial charge in [0.25, 0.3) is 0 Å². The molecule has 1 aromatic carbocycles. The van der Waals surface area contributed by atoms with Gasteiger partial charge in [-0.05, 0) is 37.6 Å². The Morgan fingerprint density at radius 2 is 2.14 bits per heavy atom. The third-order valence-corrected chi connectivity index (χ3v) is 6.02. The Kier molecular flexibility index (Phi) is 5.13. The average molecular weight is 404 g/mol. The fourth-order valence-corrected chi connectivity index (χ4v) is 4.42. The number of amides is 2. The summed E-state index contributed by atoms with van der Waals surface area (Å²) >= 11 is 1.50. The number of rotatable bonds is 5. The van der Waals surface area contributed by atoms with Crippen molar-refractivity contribution in [2.75, 3.05) is 6.54 Å². The van der Waals surface area contributed by atoms with Crippen LogP contribution in [0.15, 0.2) is 29.6 Å². The molecule has 0 aliphatic carbocycles. The summed E-state index contributed by atoms with van der Waals surface area (Å²) in [4.78, 5) is 30.9. The van der Waals surface area contributed by atoms with Crippen molar-refractivity contribution < 1.29 is 19.1 Å². The number of carbonyl (C=O) groups is 2. The maximum atomic E-state index is 13.1. The molecule has 0 saturated carbocycles. The number of hydrogen-bond acceptors (Lipinski definition) is 6. The van der Waals surface area contributed by atoms with E-state index in [1.54, 1.807) is 17.0 Å². The highest BCUT2D eigenvalue weighted by Gasteiger charge is 2.47. The molecule has 1 aromatic heterocycles. The molecule has 2 aromatic rings. The highest BCUT2D eigenvalue weighted by Crippen LogP contribution is 2.25. The lowest BCUT2D eigenvalue weighted by Crippen LogP contribution is -2.64. The van der Waals surface area contributed by atoms with E-state index in [1.165, 1.54) is 30.4 Å². The molecule has 28 heavy (non-hydrogen) atoms. The number of carbonyl (C=O) groups excluding carboxylic acids is 2. The number of aliphatic hydroxyl groups excluding tert-OH is 1. The van der Waals surface area contributed by atoms with Crippen LogP contribution < -0.4 is 10.6 Å². The Labute approximate surface area is 165 Å². The summed E-state index contributed by atoms with van der Waals surface area (Å²) in [6.07, 6.45) is -0.398. The lowest BCUT2D eigenvalue weighted by atomic mass is 10.0. The van der Waals surface area contributed by atoms with Crippen molar-refractivity contribution >= 4 is 23.2 Å². The topological polar surface area (TPSA) is 94.6 Å². The second kappa shape index (κ2) is 7.57. The van der Waals surface area contributed by atoms with Crippen molar-refractivity contribution in [1.82, 2.24) is 20.5 Å². The van der Waals surface area contributed by atoms with E-state index in [0.29, 0.717) is 19.5 Å². The summed E-state index contributed by atoms with van der Waals surface area (Å²) in [5.41, 5.74) is 1.65. The maximum absolute atomic E-state index is 13.1. The van der Waals surface area contributed by atoms with E-state index >= 15 is 0 Å². The molecule has 148 valence electrons. The number of benzene rings is 1. The molecule has 3 heterocycles. The van der Waals surface area contributed by atoms with Gasteiger partial charge in [0, 0.05) is 30.1 Å². The second-order valence-electron chi connectivity index (χ2n) is 7.18. The van der Waals surface area contributed by atoms with E-state index in [9.17, 15) is 19.1 Å². The van der Waals surface area contributed by atoms with Crippen LogP contribution in [0, 0.1) is 5.82 Å². The molecule has 3 N–H and O–H groups in total. The number of piperazine rings is 1. The van der Waals surface area contributed by atoms with Crippen LogP contribution in [-0.4, -0.2) is 57.6 Å². The lowest BCUT2D eigenvalue weighted by molar-refractivity contribution is -0.149. The molecule has 2 fully saturated rings. The minimum absolute atomic E-state index is 0.0226. The summed E-state index contributed by atoms with van der Waals surface area (Å²) in [6, 6.07) is 4.81. The summed E-state index contributed by atoms with van der Waals surface area (Å²) in [7, 11) is 0. The molecule has 7 nitrogen and oxygen atoms in total. The zero-order valence-corrected chi connectivity index (χ0v) is 16.1. The standard InChI is InChI=1S/C19H21FN4O3S/c1-10(25)17-19(27)24-8-13(6-15(24)18(26)23-17)21-7-16-22-14(9-28-16)11-2-4-12(20)5-3-11/h2-5,9-10,13,15,17,21,25H,6-8H2,1H3,(H,23,26)/t10-,13-,15-,17+/m0/s1. The first-order valence-electron chi connectivity index (χ1n) is 9.15. The zero-order chi connectivity index (χ0) is 19.8. The number of nitrogens with zero attached hydrogens (tertiary/aromatic N) is 2. The van der Waals surface area contributed by atoms with Crippen molar-refractivity contribution in [3.63, 3.8) is 0 Å². The maximum Gasteiger partial charge on any atom is 0.248 e. The molecule has 2 aliphatic rings. The number of hydrogen-bond donors (Lipinski definition) is 3. The molecule has 2 aliphatic heterocycles. The molecule has 2 saturated heterocycles. The van der Waals surface area contributed by atoms with Gasteiger partial charge in [-0.1, -0.05) is 0 Å². The van der Waals surface area contributed by atoms with Crippen LogP contribution in [0.5, 0.6) is 0 Å². The van der Waals surface area contributed by atoms with Crippen LogP contribution in [0.25, 0.3) is 11.3 Å². The van der Waals surface area contributed by atoms with Crippen LogP contribution in [0.4, 0.5) is 4.39 Å². The number of nitrogens with one attached hydrogen (secondary N) is 2. The van der Waals surface area contributed by atoms with E-state index in [2.05, 4.69) is 15.6 Å². The molecular weight excluding hydrogens is 383 g/mol. The Hall–Kier alpha value is -2.36. The van der Waals surface area contributed by atoms with E-state index in [-0.39, 0.29) is 23.7 Å². The first-order valence-corrected chi connectivity index (χ1v) is 10.0. The van der Waals surface area contributed by atoms with Gasteiger partial charge < -0.3 is 20.6 Å². The van der Waals surface area contributed by atoms with Crippen molar-refractivity contribution in [3.05, 3.63) is 40.5 Å². The molecule has 0 spiro atoms. The Balaban J connectivity index is 1.37. The van der Waals surface area contributed by atoms with Crippen LogP contribution >= 0.6 is 11.3 Å². The zero-order valence-electron chi connectivity index (χ0n) is 15.3. The van der Waals surface area contributed by atoms with Gasteiger partial charge in [0.15, 0.2) is 0 Å². The normalized spacial score (nSPS) is 25.5. The lowest BCUT2D eigenvalue weighted by Gasteiger charge is -2.35. The molecular formula is C19H21FN4O3S. The molecule has 0 unspecified atom stereocenters. The number of thiazole rings is 1. The van der Waals surface area contributed by atoms with Gasteiger partial charge in [0.2, 0.25) is 11.8 Å². The monoisotopic (exact) mass is 404 g/mol. The van der Waals surface area contributed by atoms with Crippen LogP contribution in [0.2, 0.25) is 0 Å². The number of aromatic nitrogens is 1. The fourth-order valence-electron chi connectivity index (χ4n) is 3.67. The van der Waals surface area contributed by atoms with Crippen molar-refractivity contribution in [2.45, 2.75) is 44.1 Å². The molecule has 0 bridgehead atoms. The van der Waals surface area contributed by atoms with Gasteiger partial charge >= 0.3 is 0 Å². The quantitative estimate of drug-likeness (QED) is 0.688. The highest BCUT2D eigenvalue weighted by atomic mass is 32.1. The van der Waals surface area contributed by atoms with Gasteiger partial charge in [-0.3, -0.25) is 9.59 Å². The molecule has 2 amide bonds. The Morgan fingerprint density at radius 3 is 2.86 bits per heavy atom. The van der Waals surface area contributed by atoms with E-state index in [0.717, 1.165) is 16.3 Å². The summed E-state index contributed by atoms with van der Waals surface area (Å²) in [5, 5.41) is 18.5.